The number of carbonyl (C=O) groups is 1. The quantitative estimate of drug-likeness (QED) is 0.523. The van der Waals surface area contributed by atoms with E-state index in [0.717, 1.165) is 17.1 Å². The van der Waals surface area contributed by atoms with Crippen molar-refractivity contribution < 1.29 is 14.8 Å². The van der Waals surface area contributed by atoms with Gasteiger partial charge in [0.05, 0.1) is 22.3 Å². The molecule has 0 radical (unpaired) electrons. The van der Waals surface area contributed by atoms with Crippen LogP contribution < -0.4 is 10.6 Å². The molecule has 1 atom stereocenters. The van der Waals surface area contributed by atoms with E-state index in [1.165, 1.54) is 12.1 Å². The van der Waals surface area contributed by atoms with E-state index in [-0.39, 0.29) is 16.9 Å². The highest BCUT2D eigenvalue weighted by Gasteiger charge is 2.39. The maximum atomic E-state index is 13.1. The standard InChI is InChI=1S/C21H21N3O4/c1-21(2)10-15-19(18(26)11-21)20(23-14-6-4-3-5-13(14)22-15)12-7-8-17(25)16(9-12)24(27)28/h3-9,20,22-23,25H,10-11H2,1-2H3/t20-/m0/s1. The van der Waals surface area contributed by atoms with Gasteiger partial charge >= 0.3 is 5.69 Å². The van der Waals surface area contributed by atoms with Crippen molar-refractivity contribution in [3.05, 3.63) is 69.4 Å². The van der Waals surface area contributed by atoms with Crippen LogP contribution >= 0.6 is 0 Å². The molecule has 0 saturated carbocycles. The van der Waals surface area contributed by atoms with Crippen molar-refractivity contribution in [3.63, 3.8) is 0 Å². The molecule has 2 aromatic rings. The molecule has 1 heterocycles. The van der Waals surface area contributed by atoms with Gasteiger partial charge in [0.25, 0.3) is 0 Å². The van der Waals surface area contributed by atoms with Gasteiger partial charge in [-0.1, -0.05) is 32.0 Å². The lowest BCUT2D eigenvalue weighted by molar-refractivity contribution is -0.385. The number of anilines is 2. The maximum absolute atomic E-state index is 13.1. The number of Topliss-reactive ketones (excluding diaryl/α,β-unsaturated/α-hetero) is 1. The number of allylic oxidation sites excluding steroid dienone is 1. The summed E-state index contributed by atoms with van der Waals surface area (Å²) in [6.45, 7) is 4.11. The molecule has 3 N–H and O–H groups in total. The number of nitro benzene ring substituents is 1. The van der Waals surface area contributed by atoms with Gasteiger partial charge in [-0.15, -0.1) is 0 Å². The molecule has 0 saturated heterocycles. The summed E-state index contributed by atoms with van der Waals surface area (Å²) < 4.78 is 0. The molecule has 28 heavy (non-hydrogen) atoms. The molecule has 144 valence electrons. The zero-order chi connectivity index (χ0) is 20.1. The number of nitro groups is 1. The van der Waals surface area contributed by atoms with Gasteiger partial charge in [0.15, 0.2) is 11.5 Å². The molecule has 0 bridgehead atoms. The molecule has 2 aromatic carbocycles. The van der Waals surface area contributed by atoms with E-state index in [2.05, 4.69) is 24.5 Å². The average molecular weight is 379 g/mol. The van der Waals surface area contributed by atoms with Crippen molar-refractivity contribution in [1.29, 1.82) is 0 Å². The van der Waals surface area contributed by atoms with E-state index in [1.807, 2.05) is 24.3 Å². The van der Waals surface area contributed by atoms with E-state index in [4.69, 9.17) is 0 Å². The fourth-order valence-electron chi connectivity index (χ4n) is 4.01. The van der Waals surface area contributed by atoms with Crippen molar-refractivity contribution in [2.45, 2.75) is 32.7 Å². The number of para-hydroxylation sites is 2. The van der Waals surface area contributed by atoms with Crippen LogP contribution in [0, 0.1) is 15.5 Å². The zero-order valence-electron chi connectivity index (χ0n) is 15.7. The number of hydrogen-bond acceptors (Lipinski definition) is 6. The minimum atomic E-state index is -0.622. The molecule has 0 amide bonds. The fourth-order valence-corrected chi connectivity index (χ4v) is 4.01. The number of rotatable bonds is 2. The number of benzene rings is 2. The van der Waals surface area contributed by atoms with Crippen molar-refractivity contribution in [3.8, 4) is 5.75 Å². The van der Waals surface area contributed by atoms with E-state index in [9.17, 15) is 20.0 Å². The Morgan fingerprint density at radius 3 is 2.57 bits per heavy atom. The van der Waals surface area contributed by atoms with Gasteiger partial charge in [0.1, 0.15) is 0 Å². The Labute approximate surface area is 162 Å². The van der Waals surface area contributed by atoms with Crippen molar-refractivity contribution in [2.24, 2.45) is 5.41 Å². The normalized spacial score (nSPS) is 20.4. The number of hydrogen-bond donors (Lipinski definition) is 3. The molecule has 7 heteroatoms. The number of fused-ring (bicyclic) bond motifs is 1. The Kier molecular flexibility index (Phi) is 4.10. The first-order valence-corrected chi connectivity index (χ1v) is 9.11. The molecule has 1 aliphatic heterocycles. The van der Waals surface area contributed by atoms with Crippen LogP contribution in [-0.4, -0.2) is 15.8 Å². The first-order valence-electron chi connectivity index (χ1n) is 9.11. The number of ketones is 1. The first-order chi connectivity index (χ1) is 13.2. The molecule has 4 rings (SSSR count). The van der Waals surface area contributed by atoms with Crippen LogP contribution in [0.1, 0.15) is 38.3 Å². The summed E-state index contributed by atoms with van der Waals surface area (Å²) in [6, 6.07) is 11.3. The lowest BCUT2D eigenvalue weighted by Gasteiger charge is -2.34. The van der Waals surface area contributed by atoms with Gasteiger partial charge < -0.3 is 15.7 Å². The van der Waals surface area contributed by atoms with E-state index in [0.29, 0.717) is 24.0 Å². The molecular formula is C21H21N3O4. The van der Waals surface area contributed by atoms with Gasteiger partial charge in [-0.25, -0.2) is 0 Å². The lowest BCUT2D eigenvalue weighted by atomic mass is 9.73. The summed E-state index contributed by atoms with van der Waals surface area (Å²) in [7, 11) is 0. The lowest BCUT2D eigenvalue weighted by Crippen LogP contribution is -2.31. The third kappa shape index (κ3) is 3.09. The number of nitrogens with one attached hydrogen (secondary N) is 2. The maximum Gasteiger partial charge on any atom is 0.311 e. The third-order valence-electron chi connectivity index (χ3n) is 5.25. The van der Waals surface area contributed by atoms with Gasteiger partial charge in [0, 0.05) is 23.8 Å². The number of aromatic hydroxyl groups is 1. The highest BCUT2D eigenvalue weighted by Crippen LogP contribution is 2.46. The monoisotopic (exact) mass is 379 g/mol. The molecular weight excluding hydrogens is 358 g/mol. The highest BCUT2D eigenvalue weighted by atomic mass is 16.6. The second-order valence-corrected chi connectivity index (χ2v) is 8.09. The van der Waals surface area contributed by atoms with E-state index >= 15 is 0 Å². The Bertz CT molecular complexity index is 1030. The molecule has 0 unspecified atom stereocenters. The number of phenolic OH excluding ortho intramolecular Hbond substituents is 1. The first kappa shape index (κ1) is 18.0. The Balaban J connectivity index is 1.90. The number of phenols is 1. The second kappa shape index (κ2) is 6.37. The number of nitrogens with zero attached hydrogens (tertiary/aromatic N) is 1. The van der Waals surface area contributed by atoms with Gasteiger partial charge in [0.2, 0.25) is 0 Å². The van der Waals surface area contributed by atoms with Crippen LogP contribution in [0.2, 0.25) is 0 Å². The molecule has 0 aromatic heterocycles. The topological polar surface area (TPSA) is 104 Å². The van der Waals surface area contributed by atoms with Crippen LogP contribution in [0.3, 0.4) is 0 Å². The third-order valence-corrected chi connectivity index (χ3v) is 5.25. The summed E-state index contributed by atoms with van der Waals surface area (Å²) >= 11 is 0. The highest BCUT2D eigenvalue weighted by molar-refractivity contribution is 6.01. The smallest absolute Gasteiger partial charge is 0.311 e. The van der Waals surface area contributed by atoms with Crippen LogP contribution in [0.5, 0.6) is 5.75 Å². The number of carbonyl (C=O) groups excluding carboxylic acids is 1. The minimum absolute atomic E-state index is 0.0137. The van der Waals surface area contributed by atoms with Gasteiger partial charge in [-0.3, -0.25) is 14.9 Å². The summed E-state index contributed by atoms with van der Waals surface area (Å²) in [5, 5.41) is 27.9. The van der Waals surface area contributed by atoms with E-state index < -0.39 is 16.7 Å². The predicted molar refractivity (Wildman–Crippen MR) is 106 cm³/mol. The predicted octanol–water partition coefficient (Wildman–Crippen LogP) is 4.52. The Morgan fingerprint density at radius 1 is 1.14 bits per heavy atom. The summed E-state index contributed by atoms with van der Waals surface area (Å²) in [5.74, 6) is -0.383. The van der Waals surface area contributed by atoms with Crippen molar-refractivity contribution in [2.75, 3.05) is 10.6 Å². The van der Waals surface area contributed by atoms with Gasteiger partial charge in [-0.2, -0.15) is 0 Å². The van der Waals surface area contributed by atoms with Crippen LogP contribution in [0.4, 0.5) is 17.1 Å². The molecule has 0 fully saturated rings. The zero-order valence-corrected chi connectivity index (χ0v) is 15.7. The molecule has 1 aliphatic carbocycles. The fraction of sp³-hybridized carbons (Fsp3) is 0.286. The molecule has 7 nitrogen and oxygen atoms in total. The van der Waals surface area contributed by atoms with Crippen LogP contribution in [0.25, 0.3) is 0 Å². The summed E-state index contributed by atoms with van der Waals surface area (Å²) in [5.41, 5.74) is 3.10. The summed E-state index contributed by atoms with van der Waals surface area (Å²) in [6.07, 6.45) is 1.10. The minimum Gasteiger partial charge on any atom is -0.502 e. The second-order valence-electron chi connectivity index (χ2n) is 8.09. The Hall–Kier alpha value is -3.35. The SMILES string of the molecule is CC1(C)CC(=O)C2=C(C1)Nc1ccccc1N[C@H]2c1ccc(O)c([N+](=O)[O-])c1. The van der Waals surface area contributed by atoms with Crippen molar-refractivity contribution in [1.82, 2.24) is 0 Å². The largest absolute Gasteiger partial charge is 0.502 e. The average Bonchev–Trinajstić information content (AvgIpc) is 2.77. The molecule has 0 spiro atoms. The molecule has 2 aliphatic rings. The van der Waals surface area contributed by atoms with Crippen LogP contribution in [-0.2, 0) is 4.79 Å². The van der Waals surface area contributed by atoms with Crippen LogP contribution in [0.15, 0.2) is 53.7 Å². The van der Waals surface area contributed by atoms with E-state index in [1.54, 1.807) is 6.07 Å². The summed E-state index contributed by atoms with van der Waals surface area (Å²) in [4.78, 5) is 23.8. The Morgan fingerprint density at radius 2 is 1.86 bits per heavy atom. The van der Waals surface area contributed by atoms with Crippen molar-refractivity contribution >= 4 is 22.8 Å². The van der Waals surface area contributed by atoms with Gasteiger partial charge in [-0.05, 0) is 35.6 Å².